The van der Waals surface area contributed by atoms with Gasteiger partial charge in [0, 0.05) is 5.56 Å². The zero-order valence-corrected chi connectivity index (χ0v) is 11.2. The van der Waals surface area contributed by atoms with E-state index in [1.165, 1.54) is 0 Å². The molecule has 0 aliphatic heterocycles. The number of hydrogen-bond donors (Lipinski definition) is 2. The van der Waals surface area contributed by atoms with Crippen LogP contribution in [0.15, 0.2) is 39.7 Å². The van der Waals surface area contributed by atoms with Crippen molar-refractivity contribution in [2.24, 2.45) is 0 Å². The molecule has 0 amide bonds. The fraction of sp³-hybridized carbons (Fsp3) is 0.154. The van der Waals surface area contributed by atoms with Crippen LogP contribution in [0.2, 0.25) is 0 Å². The molecule has 1 unspecified atom stereocenters. The number of rotatable bonds is 2. The fourth-order valence-corrected chi connectivity index (χ4v) is 2.52. The van der Waals surface area contributed by atoms with Crippen molar-refractivity contribution in [3.63, 3.8) is 0 Å². The van der Waals surface area contributed by atoms with Crippen LogP contribution in [-0.4, -0.2) is 9.97 Å². The van der Waals surface area contributed by atoms with Gasteiger partial charge in [-0.15, -0.1) is 0 Å². The van der Waals surface area contributed by atoms with Gasteiger partial charge >= 0.3 is 5.69 Å². The van der Waals surface area contributed by atoms with Crippen LogP contribution >= 0.6 is 15.9 Å². The van der Waals surface area contributed by atoms with Gasteiger partial charge in [-0.1, -0.05) is 22.0 Å². The summed E-state index contributed by atoms with van der Waals surface area (Å²) < 4.78 is 5.30. The van der Waals surface area contributed by atoms with Crippen LogP contribution < -0.4 is 5.69 Å². The number of fused-ring (bicyclic) bond motifs is 1. The lowest BCUT2D eigenvalue weighted by atomic mass is 10.1. The molecule has 0 aliphatic carbocycles. The first-order valence-corrected chi connectivity index (χ1v) is 6.46. The van der Waals surface area contributed by atoms with Gasteiger partial charge in [-0.25, -0.2) is 4.79 Å². The van der Waals surface area contributed by atoms with Crippen LogP contribution in [0.25, 0.3) is 11.0 Å². The van der Waals surface area contributed by atoms with E-state index in [2.05, 4.69) is 25.9 Å². The van der Waals surface area contributed by atoms with E-state index in [0.717, 1.165) is 27.9 Å². The third-order valence-electron chi connectivity index (χ3n) is 2.88. The fourth-order valence-electron chi connectivity index (χ4n) is 2.00. The molecule has 2 aromatic heterocycles. The minimum absolute atomic E-state index is 0.0535. The van der Waals surface area contributed by atoms with E-state index in [-0.39, 0.29) is 10.5 Å². The van der Waals surface area contributed by atoms with E-state index in [0.29, 0.717) is 0 Å². The number of imidazole rings is 1. The van der Waals surface area contributed by atoms with Crippen molar-refractivity contribution >= 4 is 27.0 Å². The van der Waals surface area contributed by atoms with E-state index < -0.39 is 0 Å². The van der Waals surface area contributed by atoms with Crippen molar-refractivity contribution in [1.29, 1.82) is 0 Å². The Labute approximate surface area is 111 Å². The van der Waals surface area contributed by atoms with Gasteiger partial charge in [-0.2, -0.15) is 0 Å². The summed E-state index contributed by atoms with van der Waals surface area (Å²) in [6.45, 7) is 1.91. The number of benzene rings is 1. The highest BCUT2D eigenvalue weighted by atomic mass is 79.9. The van der Waals surface area contributed by atoms with Gasteiger partial charge in [0.25, 0.3) is 0 Å². The molecule has 0 saturated carbocycles. The molecule has 3 rings (SSSR count). The van der Waals surface area contributed by atoms with E-state index in [1.54, 1.807) is 6.26 Å². The monoisotopic (exact) mass is 306 g/mol. The molecule has 0 radical (unpaired) electrons. The molecule has 1 atom stereocenters. The zero-order chi connectivity index (χ0) is 12.7. The van der Waals surface area contributed by atoms with Gasteiger partial charge < -0.3 is 14.4 Å². The lowest BCUT2D eigenvalue weighted by molar-refractivity contribution is 0.532. The van der Waals surface area contributed by atoms with Crippen molar-refractivity contribution in [1.82, 2.24) is 9.97 Å². The standard InChI is InChI=1S/C13H11BrN2O2/c1-7-4-9(6-18-7)12(14)8-2-3-10-11(5-8)16-13(17)15-10/h2-6,12H,1H3,(H2,15,16,17). The van der Waals surface area contributed by atoms with E-state index in [4.69, 9.17) is 4.42 Å². The zero-order valence-electron chi connectivity index (χ0n) is 9.66. The summed E-state index contributed by atoms with van der Waals surface area (Å²) in [5, 5.41) is 0. The largest absolute Gasteiger partial charge is 0.469 e. The Balaban J connectivity index is 2.05. The number of aromatic nitrogens is 2. The summed E-state index contributed by atoms with van der Waals surface area (Å²) in [6, 6.07) is 7.82. The van der Waals surface area contributed by atoms with Crippen LogP contribution in [0.4, 0.5) is 0 Å². The predicted octanol–water partition coefficient (Wildman–Crippen LogP) is 3.24. The van der Waals surface area contributed by atoms with Crippen LogP contribution in [0, 0.1) is 6.92 Å². The van der Waals surface area contributed by atoms with Gasteiger partial charge in [-0.05, 0) is 30.7 Å². The SMILES string of the molecule is Cc1cc(C(Br)c2ccc3[nH]c(=O)[nH]c3c2)co1. The topological polar surface area (TPSA) is 61.8 Å². The van der Waals surface area contributed by atoms with Gasteiger partial charge in [0.05, 0.1) is 22.1 Å². The first-order chi connectivity index (χ1) is 8.63. The van der Waals surface area contributed by atoms with Crippen molar-refractivity contribution in [2.75, 3.05) is 0 Å². The molecule has 0 bridgehead atoms. The Morgan fingerprint density at radius 2 is 1.94 bits per heavy atom. The maximum Gasteiger partial charge on any atom is 0.323 e. The Hall–Kier alpha value is -1.75. The first-order valence-electron chi connectivity index (χ1n) is 5.54. The number of H-pyrrole nitrogens is 2. The molecule has 92 valence electrons. The van der Waals surface area contributed by atoms with Crippen molar-refractivity contribution in [2.45, 2.75) is 11.8 Å². The molecular weight excluding hydrogens is 296 g/mol. The average molecular weight is 307 g/mol. The van der Waals surface area contributed by atoms with Crippen molar-refractivity contribution in [3.05, 3.63) is 57.9 Å². The van der Waals surface area contributed by atoms with Gasteiger partial charge in [0.1, 0.15) is 5.76 Å². The van der Waals surface area contributed by atoms with Crippen LogP contribution in [-0.2, 0) is 0 Å². The Morgan fingerprint density at radius 1 is 1.17 bits per heavy atom. The first kappa shape index (κ1) is 11.3. The Bertz CT molecular complexity index is 754. The normalized spacial score (nSPS) is 13.0. The second-order valence-electron chi connectivity index (χ2n) is 4.24. The molecule has 1 aromatic carbocycles. The van der Waals surface area contributed by atoms with Gasteiger partial charge in [-0.3, -0.25) is 0 Å². The van der Waals surface area contributed by atoms with Gasteiger partial charge in [0.15, 0.2) is 0 Å². The van der Waals surface area contributed by atoms with Crippen LogP contribution in [0.3, 0.4) is 0 Å². The van der Waals surface area contributed by atoms with Crippen LogP contribution in [0.1, 0.15) is 21.7 Å². The Kier molecular flexibility index (Phi) is 2.63. The molecule has 5 heteroatoms. The quantitative estimate of drug-likeness (QED) is 0.714. The minimum atomic E-state index is -0.188. The van der Waals surface area contributed by atoms with E-state index in [1.807, 2.05) is 31.2 Å². The summed E-state index contributed by atoms with van der Waals surface area (Å²) in [5.41, 5.74) is 3.56. The minimum Gasteiger partial charge on any atom is -0.469 e. The highest BCUT2D eigenvalue weighted by Crippen LogP contribution is 2.32. The van der Waals surface area contributed by atoms with Crippen molar-refractivity contribution < 1.29 is 4.42 Å². The highest BCUT2D eigenvalue weighted by molar-refractivity contribution is 9.09. The van der Waals surface area contributed by atoms with Crippen LogP contribution in [0.5, 0.6) is 0 Å². The number of aromatic amines is 2. The lowest BCUT2D eigenvalue weighted by Gasteiger charge is -2.07. The average Bonchev–Trinajstić information content (AvgIpc) is 2.92. The summed E-state index contributed by atoms with van der Waals surface area (Å²) in [7, 11) is 0. The molecule has 0 aliphatic rings. The number of alkyl halides is 1. The number of aryl methyl sites for hydroxylation is 1. The molecule has 0 saturated heterocycles. The smallest absolute Gasteiger partial charge is 0.323 e. The summed E-state index contributed by atoms with van der Waals surface area (Å²) >= 11 is 3.64. The second-order valence-corrected chi connectivity index (χ2v) is 5.15. The third-order valence-corrected chi connectivity index (χ3v) is 3.93. The van der Waals surface area contributed by atoms with Crippen molar-refractivity contribution in [3.8, 4) is 0 Å². The number of hydrogen-bond acceptors (Lipinski definition) is 2. The molecule has 18 heavy (non-hydrogen) atoms. The molecular formula is C13H11BrN2O2. The number of furan rings is 1. The predicted molar refractivity (Wildman–Crippen MR) is 73.1 cm³/mol. The lowest BCUT2D eigenvalue weighted by Crippen LogP contribution is -1.99. The van der Waals surface area contributed by atoms with Gasteiger partial charge in [0.2, 0.25) is 0 Å². The van der Waals surface area contributed by atoms with E-state index in [9.17, 15) is 4.79 Å². The second kappa shape index (κ2) is 4.17. The third kappa shape index (κ3) is 1.90. The number of halogens is 1. The molecule has 0 fully saturated rings. The number of nitrogens with one attached hydrogen (secondary N) is 2. The Morgan fingerprint density at radius 3 is 2.67 bits per heavy atom. The van der Waals surface area contributed by atoms with E-state index >= 15 is 0 Å². The summed E-state index contributed by atoms with van der Waals surface area (Å²) in [4.78, 5) is 16.7. The molecule has 4 nitrogen and oxygen atoms in total. The maximum atomic E-state index is 11.2. The molecule has 2 heterocycles. The maximum absolute atomic E-state index is 11.2. The highest BCUT2D eigenvalue weighted by Gasteiger charge is 2.13. The summed E-state index contributed by atoms with van der Waals surface area (Å²) in [5.74, 6) is 0.880. The molecule has 3 aromatic rings. The molecule has 0 spiro atoms. The molecule has 2 N–H and O–H groups in total. The summed E-state index contributed by atoms with van der Waals surface area (Å²) in [6.07, 6.45) is 1.73.